The maximum atomic E-state index is 13.0. The number of carbonyl (C=O) groups excluding carboxylic acids is 1. The molecule has 0 bridgehead atoms. The summed E-state index contributed by atoms with van der Waals surface area (Å²) in [6, 6.07) is 6.10. The van der Waals surface area contributed by atoms with E-state index in [1.54, 1.807) is 19.1 Å². The third-order valence-corrected chi connectivity index (χ3v) is 3.18. The van der Waals surface area contributed by atoms with E-state index in [4.69, 9.17) is 4.74 Å². The summed E-state index contributed by atoms with van der Waals surface area (Å²) >= 11 is 0. The lowest BCUT2D eigenvalue weighted by Gasteiger charge is -2.18. The van der Waals surface area contributed by atoms with E-state index >= 15 is 0 Å². The third kappa shape index (κ3) is 3.45. The fourth-order valence-corrected chi connectivity index (χ4v) is 2.19. The Balaban J connectivity index is 1.86. The Morgan fingerprint density at radius 2 is 2.17 bits per heavy atom. The number of rotatable bonds is 4. The molecule has 1 saturated carbocycles. The van der Waals surface area contributed by atoms with Crippen LogP contribution in [0.3, 0.4) is 0 Å². The van der Waals surface area contributed by atoms with Crippen LogP contribution in [-0.4, -0.2) is 18.1 Å². The Bertz CT molecular complexity index is 416. The molecule has 0 radical (unpaired) electrons. The lowest BCUT2D eigenvalue weighted by molar-refractivity contribution is -0.127. The zero-order valence-electron chi connectivity index (χ0n) is 10.5. The Kier molecular flexibility index (Phi) is 4.18. The van der Waals surface area contributed by atoms with Gasteiger partial charge in [0.25, 0.3) is 5.91 Å². The zero-order chi connectivity index (χ0) is 13.0. The van der Waals surface area contributed by atoms with Gasteiger partial charge in [-0.05, 0) is 31.9 Å². The van der Waals surface area contributed by atoms with Crippen molar-refractivity contribution in [3.05, 3.63) is 30.1 Å². The molecule has 4 heteroatoms. The molecule has 2 rings (SSSR count). The molecule has 1 aromatic rings. The maximum Gasteiger partial charge on any atom is 0.260 e. The summed E-state index contributed by atoms with van der Waals surface area (Å²) in [5.41, 5.74) is 0. The molecule has 0 heterocycles. The number of hydrogen-bond acceptors (Lipinski definition) is 2. The van der Waals surface area contributed by atoms with Gasteiger partial charge in [-0.1, -0.05) is 18.9 Å². The highest BCUT2D eigenvalue weighted by molar-refractivity contribution is 5.81. The zero-order valence-corrected chi connectivity index (χ0v) is 10.5. The van der Waals surface area contributed by atoms with Crippen molar-refractivity contribution in [3.8, 4) is 5.75 Å². The van der Waals surface area contributed by atoms with E-state index in [0.29, 0.717) is 5.75 Å². The number of hydrogen-bond donors (Lipinski definition) is 1. The molecule has 1 amide bonds. The molecule has 0 spiro atoms. The molecule has 1 N–H and O–H groups in total. The van der Waals surface area contributed by atoms with Crippen molar-refractivity contribution < 1.29 is 13.9 Å². The summed E-state index contributed by atoms with van der Waals surface area (Å²) in [6.07, 6.45) is 3.82. The molecular formula is C14H18FNO2. The first-order chi connectivity index (χ1) is 8.65. The normalized spacial score (nSPS) is 17.4. The van der Waals surface area contributed by atoms with E-state index in [1.807, 2.05) is 0 Å². The highest BCUT2D eigenvalue weighted by Crippen LogP contribution is 2.18. The van der Waals surface area contributed by atoms with Gasteiger partial charge in [0.2, 0.25) is 0 Å². The van der Waals surface area contributed by atoms with Crippen LogP contribution in [0.2, 0.25) is 0 Å². The minimum Gasteiger partial charge on any atom is -0.481 e. The highest BCUT2D eigenvalue weighted by atomic mass is 19.1. The number of ether oxygens (including phenoxy) is 1. The third-order valence-electron chi connectivity index (χ3n) is 3.18. The van der Waals surface area contributed by atoms with Gasteiger partial charge in [0, 0.05) is 12.1 Å². The summed E-state index contributed by atoms with van der Waals surface area (Å²) in [6.45, 7) is 1.68. The average molecular weight is 251 g/mol. The van der Waals surface area contributed by atoms with E-state index in [9.17, 15) is 9.18 Å². The molecule has 0 aromatic heterocycles. The number of carbonyl (C=O) groups is 1. The molecule has 18 heavy (non-hydrogen) atoms. The van der Waals surface area contributed by atoms with Crippen molar-refractivity contribution in [1.29, 1.82) is 0 Å². The van der Waals surface area contributed by atoms with Crippen LogP contribution in [0, 0.1) is 5.82 Å². The second kappa shape index (κ2) is 5.85. The SMILES string of the molecule is C[C@H](Oc1cccc(F)c1)C(=O)NC1CCCC1. The van der Waals surface area contributed by atoms with Crippen LogP contribution in [0.1, 0.15) is 32.6 Å². The Morgan fingerprint density at radius 3 is 2.83 bits per heavy atom. The molecule has 0 saturated heterocycles. The first-order valence-corrected chi connectivity index (χ1v) is 6.38. The molecule has 98 valence electrons. The second-order valence-electron chi connectivity index (χ2n) is 4.71. The van der Waals surface area contributed by atoms with Crippen molar-refractivity contribution >= 4 is 5.91 Å². The number of nitrogens with one attached hydrogen (secondary N) is 1. The van der Waals surface area contributed by atoms with Gasteiger partial charge in [-0.25, -0.2) is 4.39 Å². The predicted octanol–water partition coefficient (Wildman–Crippen LogP) is 2.65. The number of benzene rings is 1. The fraction of sp³-hybridized carbons (Fsp3) is 0.500. The van der Waals surface area contributed by atoms with Crippen LogP contribution in [0.4, 0.5) is 4.39 Å². The van der Waals surface area contributed by atoms with Crippen molar-refractivity contribution in [3.63, 3.8) is 0 Å². The van der Waals surface area contributed by atoms with Crippen LogP contribution in [0.15, 0.2) is 24.3 Å². The maximum absolute atomic E-state index is 13.0. The van der Waals surface area contributed by atoms with Crippen LogP contribution >= 0.6 is 0 Å². The Morgan fingerprint density at radius 1 is 1.44 bits per heavy atom. The summed E-state index contributed by atoms with van der Waals surface area (Å²) in [4.78, 5) is 11.9. The van der Waals surface area contributed by atoms with Gasteiger partial charge >= 0.3 is 0 Å². The van der Waals surface area contributed by atoms with Crippen molar-refractivity contribution in [1.82, 2.24) is 5.32 Å². The first-order valence-electron chi connectivity index (χ1n) is 6.38. The van der Waals surface area contributed by atoms with E-state index in [-0.39, 0.29) is 17.8 Å². The van der Waals surface area contributed by atoms with Crippen molar-refractivity contribution in [2.75, 3.05) is 0 Å². The lowest BCUT2D eigenvalue weighted by atomic mass is 10.2. The lowest BCUT2D eigenvalue weighted by Crippen LogP contribution is -2.41. The summed E-state index contributed by atoms with van der Waals surface area (Å²) in [5, 5.41) is 2.96. The molecule has 3 nitrogen and oxygen atoms in total. The smallest absolute Gasteiger partial charge is 0.260 e. The van der Waals surface area contributed by atoms with Gasteiger partial charge in [-0.3, -0.25) is 4.79 Å². The quantitative estimate of drug-likeness (QED) is 0.893. The van der Waals surface area contributed by atoms with Crippen molar-refractivity contribution in [2.24, 2.45) is 0 Å². The van der Waals surface area contributed by atoms with Crippen LogP contribution in [0.25, 0.3) is 0 Å². The molecule has 1 atom stereocenters. The average Bonchev–Trinajstić information content (AvgIpc) is 2.81. The summed E-state index contributed by atoms with van der Waals surface area (Å²) in [7, 11) is 0. The Hall–Kier alpha value is -1.58. The molecule has 0 unspecified atom stereocenters. The molecule has 1 aliphatic rings. The van der Waals surface area contributed by atoms with Gasteiger partial charge in [0.15, 0.2) is 6.10 Å². The Labute approximate surface area is 106 Å². The predicted molar refractivity (Wildman–Crippen MR) is 66.9 cm³/mol. The van der Waals surface area contributed by atoms with Crippen LogP contribution in [-0.2, 0) is 4.79 Å². The highest BCUT2D eigenvalue weighted by Gasteiger charge is 2.21. The minimum absolute atomic E-state index is 0.133. The largest absolute Gasteiger partial charge is 0.481 e. The van der Waals surface area contributed by atoms with Gasteiger partial charge in [-0.15, -0.1) is 0 Å². The van der Waals surface area contributed by atoms with E-state index in [1.165, 1.54) is 25.0 Å². The molecule has 1 aromatic carbocycles. The van der Waals surface area contributed by atoms with Crippen LogP contribution in [0.5, 0.6) is 5.75 Å². The van der Waals surface area contributed by atoms with Gasteiger partial charge in [-0.2, -0.15) is 0 Å². The monoisotopic (exact) mass is 251 g/mol. The molecule has 0 aliphatic heterocycles. The molecular weight excluding hydrogens is 233 g/mol. The van der Waals surface area contributed by atoms with E-state index in [2.05, 4.69) is 5.32 Å². The summed E-state index contributed by atoms with van der Waals surface area (Å²) in [5.74, 6) is -0.119. The summed E-state index contributed by atoms with van der Waals surface area (Å²) < 4.78 is 18.4. The van der Waals surface area contributed by atoms with E-state index in [0.717, 1.165) is 12.8 Å². The van der Waals surface area contributed by atoms with Crippen LogP contribution < -0.4 is 10.1 Å². The standard InChI is InChI=1S/C14H18FNO2/c1-10(14(17)16-12-6-2-3-7-12)18-13-8-4-5-11(15)9-13/h4-5,8-10,12H,2-3,6-7H2,1H3,(H,16,17)/t10-/m0/s1. The number of halogens is 1. The first kappa shape index (κ1) is 12.9. The topological polar surface area (TPSA) is 38.3 Å². The second-order valence-corrected chi connectivity index (χ2v) is 4.71. The fourth-order valence-electron chi connectivity index (χ4n) is 2.19. The van der Waals surface area contributed by atoms with Gasteiger partial charge < -0.3 is 10.1 Å². The minimum atomic E-state index is -0.604. The molecule has 1 fully saturated rings. The molecule has 1 aliphatic carbocycles. The van der Waals surface area contributed by atoms with Crippen molar-refractivity contribution in [2.45, 2.75) is 44.8 Å². The van der Waals surface area contributed by atoms with Gasteiger partial charge in [0.05, 0.1) is 0 Å². The van der Waals surface area contributed by atoms with E-state index < -0.39 is 6.10 Å². The van der Waals surface area contributed by atoms with Gasteiger partial charge in [0.1, 0.15) is 11.6 Å². The number of amides is 1.